The third-order valence-electron chi connectivity index (χ3n) is 6.04. The number of esters is 1. The van der Waals surface area contributed by atoms with Crippen molar-refractivity contribution in [3.05, 3.63) is 93.2 Å². The summed E-state index contributed by atoms with van der Waals surface area (Å²) in [5, 5.41) is 0.338. The summed E-state index contributed by atoms with van der Waals surface area (Å²) in [6, 6.07) is 13.0. The summed E-state index contributed by atoms with van der Waals surface area (Å²) in [4.78, 5) is 27.8. The summed E-state index contributed by atoms with van der Waals surface area (Å²) in [5.74, 6) is -0.842. The maximum Gasteiger partial charge on any atom is 0.340 e. The zero-order valence-corrected chi connectivity index (χ0v) is 20.7. The Kier molecular flexibility index (Phi) is 6.54. The number of aromatic nitrogens is 1. The molecule has 1 aromatic heterocycles. The van der Waals surface area contributed by atoms with Crippen LogP contribution in [-0.2, 0) is 14.3 Å². The summed E-state index contributed by atoms with van der Waals surface area (Å²) in [6.07, 6.45) is 1.69. The van der Waals surface area contributed by atoms with Gasteiger partial charge < -0.3 is 14.0 Å². The Balaban J connectivity index is 1.83. The maximum atomic E-state index is 13.6. The van der Waals surface area contributed by atoms with Crippen LogP contribution in [0.3, 0.4) is 0 Å². The second-order valence-electron chi connectivity index (χ2n) is 8.11. The molecule has 2 heterocycles. The molecule has 6 nitrogen and oxygen atoms in total. The van der Waals surface area contributed by atoms with E-state index in [1.807, 2.05) is 24.5 Å². The maximum absolute atomic E-state index is 13.6. The molecule has 0 N–H and O–H groups in total. The predicted octanol–water partition coefficient (Wildman–Crippen LogP) is 5.77. The van der Waals surface area contributed by atoms with E-state index in [1.165, 1.54) is 31.3 Å². The van der Waals surface area contributed by atoms with Gasteiger partial charge in [-0.2, -0.15) is 0 Å². The number of nitrogens with zero attached hydrogens (tertiary/aromatic N) is 2. The molecule has 0 aliphatic carbocycles. The highest BCUT2D eigenvalue weighted by Crippen LogP contribution is 2.38. The van der Waals surface area contributed by atoms with Crippen molar-refractivity contribution >= 4 is 35.2 Å². The molecule has 1 aliphatic rings. The summed E-state index contributed by atoms with van der Waals surface area (Å²) in [7, 11) is 2.78. The lowest BCUT2D eigenvalue weighted by Gasteiger charge is -2.19. The van der Waals surface area contributed by atoms with Crippen LogP contribution in [-0.4, -0.2) is 30.7 Å². The number of ether oxygens (including phenoxy) is 2. The molecule has 0 saturated heterocycles. The lowest BCUT2D eigenvalue weighted by atomic mass is 10.0. The SMILES string of the molecule is COC(=O)C1=C(C)N(c2ccc(OC)c(Cl)c2)C(=O)/C1=C\c1cc(C)n(-c2ccc(F)cc2)c1C. The molecule has 4 rings (SSSR count). The zero-order valence-electron chi connectivity index (χ0n) is 20.0. The summed E-state index contributed by atoms with van der Waals surface area (Å²) < 4.78 is 25.6. The minimum absolute atomic E-state index is 0.177. The van der Waals surface area contributed by atoms with E-state index in [0.29, 0.717) is 22.2 Å². The van der Waals surface area contributed by atoms with Crippen LogP contribution in [0.25, 0.3) is 11.8 Å². The number of benzene rings is 2. The molecule has 0 fully saturated rings. The van der Waals surface area contributed by atoms with Gasteiger partial charge in [0.05, 0.1) is 36.1 Å². The molecule has 0 saturated carbocycles. The van der Waals surface area contributed by atoms with Gasteiger partial charge in [0, 0.05) is 22.8 Å². The normalized spacial score (nSPS) is 14.8. The van der Waals surface area contributed by atoms with Crippen molar-refractivity contribution in [2.45, 2.75) is 20.8 Å². The minimum Gasteiger partial charge on any atom is -0.495 e. The Labute approximate surface area is 207 Å². The average Bonchev–Trinajstić information content (AvgIpc) is 3.25. The number of allylic oxidation sites excluding steroid dienone is 1. The molecule has 0 atom stereocenters. The quantitative estimate of drug-likeness (QED) is 0.333. The van der Waals surface area contributed by atoms with Crippen molar-refractivity contribution in [2.75, 3.05) is 19.1 Å². The Bertz CT molecular complexity index is 1400. The van der Waals surface area contributed by atoms with Crippen molar-refractivity contribution in [2.24, 2.45) is 0 Å². The first-order valence-corrected chi connectivity index (χ1v) is 11.2. The molecule has 2 aromatic carbocycles. The highest BCUT2D eigenvalue weighted by atomic mass is 35.5. The van der Waals surface area contributed by atoms with Gasteiger partial charge in [0.15, 0.2) is 0 Å². The van der Waals surface area contributed by atoms with Gasteiger partial charge in [-0.15, -0.1) is 0 Å². The molecule has 1 aliphatic heterocycles. The van der Waals surface area contributed by atoms with Crippen LogP contribution in [0.15, 0.2) is 65.4 Å². The van der Waals surface area contributed by atoms with E-state index in [1.54, 1.807) is 43.3 Å². The number of halogens is 2. The fourth-order valence-electron chi connectivity index (χ4n) is 4.36. The number of hydrogen-bond donors (Lipinski definition) is 0. The van der Waals surface area contributed by atoms with Crippen molar-refractivity contribution < 1.29 is 23.5 Å². The van der Waals surface area contributed by atoms with Gasteiger partial charge in [-0.1, -0.05) is 11.6 Å². The molecule has 0 spiro atoms. The molecule has 3 aromatic rings. The number of amides is 1. The minimum atomic E-state index is -0.614. The second-order valence-corrected chi connectivity index (χ2v) is 8.51. The first-order chi connectivity index (χ1) is 16.7. The van der Waals surface area contributed by atoms with Crippen molar-refractivity contribution in [1.29, 1.82) is 0 Å². The van der Waals surface area contributed by atoms with E-state index < -0.39 is 5.97 Å². The molecule has 1 amide bonds. The lowest BCUT2D eigenvalue weighted by molar-refractivity contribution is -0.136. The van der Waals surface area contributed by atoms with Crippen LogP contribution in [0.4, 0.5) is 10.1 Å². The van der Waals surface area contributed by atoms with Gasteiger partial charge in [-0.3, -0.25) is 9.69 Å². The highest BCUT2D eigenvalue weighted by Gasteiger charge is 2.38. The number of aryl methyl sites for hydroxylation is 1. The molecular formula is C27H24ClFN2O4. The summed E-state index contributed by atoms with van der Waals surface area (Å²) in [6.45, 7) is 5.51. The fourth-order valence-corrected chi connectivity index (χ4v) is 4.61. The topological polar surface area (TPSA) is 60.8 Å². The molecule has 35 heavy (non-hydrogen) atoms. The van der Waals surface area contributed by atoms with E-state index in [9.17, 15) is 14.0 Å². The molecule has 0 unspecified atom stereocenters. The van der Waals surface area contributed by atoms with Gasteiger partial charge in [-0.05, 0) is 80.9 Å². The highest BCUT2D eigenvalue weighted by molar-refractivity contribution is 6.32. The number of methoxy groups -OCH3 is 2. The lowest BCUT2D eigenvalue weighted by Crippen LogP contribution is -2.24. The molecule has 0 radical (unpaired) electrons. The molecule has 0 bridgehead atoms. The molecule has 8 heteroatoms. The summed E-state index contributed by atoms with van der Waals surface area (Å²) >= 11 is 6.29. The van der Waals surface area contributed by atoms with Crippen LogP contribution in [0.2, 0.25) is 5.02 Å². The van der Waals surface area contributed by atoms with Crippen LogP contribution >= 0.6 is 11.6 Å². The molecular weight excluding hydrogens is 471 g/mol. The van der Waals surface area contributed by atoms with Crippen molar-refractivity contribution in [3.63, 3.8) is 0 Å². The van der Waals surface area contributed by atoms with E-state index in [2.05, 4.69) is 0 Å². The van der Waals surface area contributed by atoms with Gasteiger partial charge >= 0.3 is 5.97 Å². The Morgan fingerprint density at radius 1 is 1.00 bits per heavy atom. The van der Waals surface area contributed by atoms with E-state index in [-0.39, 0.29) is 22.9 Å². The Morgan fingerprint density at radius 2 is 1.66 bits per heavy atom. The number of hydrogen-bond acceptors (Lipinski definition) is 4. The monoisotopic (exact) mass is 494 g/mol. The Hall–Kier alpha value is -3.84. The zero-order chi connectivity index (χ0) is 25.4. The largest absolute Gasteiger partial charge is 0.495 e. The average molecular weight is 495 g/mol. The number of carbonyl (C=O) groups is 2. The van der Waals surface area contributed by atoms with Crippen LogP contribution in [0.1, 0.15) is 23.9 Å². The Morgan fingerprint density at radius 3 is 2.26 bits per heavy atom. The smallest absolute Gasteiger partial charge is 0.340 e. The fraction of sp³-hybridized carbons (Fsp3) is 0.185. The van der Waals surface area contributed by atoms with E-state index >= 15 is 0 Å². The third kappa shape index (κ3) is 4.23. The second kappa shape index (κ2) is 9.43. The third-order valence-corrected chi connectivity index (χ3v) is 6.33. The van der Waals surface area contributed by atoms with E-state index in [4.69, 9.17) is 21.1 Å². The molecule has 180 valence electrons. The predicted molar refractivity (Wildman–Crippen MR) is 133 cm³/mol. The van der Waals surface area contributed by atoms with Gasteiger partial charge in [0.25, 0.3) is 5.91 Å². The summed E-state index contributed by atoms with van der Waals surface area (Å²) in [5.41, 5.74) is 4.59. The van der Waals surface area contributed by atoms with Crippen LogP contribution in [0.5, 0.6) is 5.75 Å². The number of rotatable bonds is 5. The van der Waals surface area contributed by atoms with Crippen LogP contribution < -0.4 is 9.64 Å². The van der Waals surface area contributed by atoms with Gasteiger partial charge in [0.2, 0.25) is 0 Å². The number of carbonyl (C=O) groups excluding carboxylic acids is 2. The van der Waals surface area contributed by atoms with Crippen LogP contribution in [0, 0.1) is 19.7 Å². The first-order valence-electron chi connectivity index (χ1n) is 10.8. The first kappa shape index (κ1) is 24.3. The van der Waals surface area contributed by atoms with Crippen molar-refractivity contribution in [3.8, 4) is 11.4 Å². The van der Waals surface area contributed by atoms with Crippen molar-refractivity contribution in [1.82, 2.24) is 4.57 Å². The standard InChI is InChI=1S/C27H24ClFN2O4/c1-15-12-18(16(2)30(15)20-8-6-19(29)7-9-20)13-22-25(27(33)35-5)17(3)31(26(22)32)21-10-11-24(34-4)23(28)14-21/h6-14H,1-5H3/b22-13-. The van der Waals surface area contributed by atoms with E-state index in [0.717, 1.165) is 22.6 Å². The van der Waals surface area contributed by atoms with Gasteiger partial charge in [-0.25, -0.2) is 9.18 Å². The van der Waals surface area contributed by atoms with Gasteiger partial charge in [0.1, 0.15) is 11.6 Å². The number of anilines is 1.